The van der Waals surface area contributed by atoms with Gasteiger partial charge in [0.15, 0.2) is 5.76 Å². The maximum absolute atomic E-state index is 12.8. The van der Waals surface area contributed by atoms with E-state index >= 15 is 0 Å². The summed E-state index contributed by atoms with van der Waals surface area (Å²) < 4.78 is 7.05. The molecule has 0 aliphatic carbocycles. The lowest BCUT2D eigenvalue weighted by Gasteiger charge is -2.35. The molecule has 1 atom stereocenters. The van der Waals surface area contributed by atoms with Crippen molar-refractivity contribution in [2.45, 2.75) is 32.9 Å². The van der Waals surface area contributed by atoms with Crippen LogP contribution in [0, 0.1) is 6.92 Å². The summed E-state index contributed by atoms with van der Waals surface area (Å²) in [6, 6.07) is 3.34. The van der Waals surface area contributed by atoms with Crippen LogP contribution in [0.4, 0.5) is 0 Å². The maximum Gasteiger partial charge on any atom is 0.289 e. The smallest absolute Gasteiger partial charge is 0.289 e. The van der Waals surface area contributed by atoms with Gasteiger partial charge in [-0.15, -0.1) is 0 Å². The molecular formula is C19H23N5O4. The summed E-state index contributed by atoms with van der Waals surface area (Å²) in [5.74, 6) is 0.0765. The number of aromatic nitrogens is 2. The third-order valence-electron chi connectivity index (χ3n) is 5.27. The summed E-state index contributed by atoms with van der Waals surface area (Å²) in [5, 5.41) is 8.45. The Balaban J connectivity index is 1.33. The highest BCUT2D eigenvalue weighted by atomic mass is 16.6. The average Bonchev–Trinajstić information content (AvgIpc) is 3.47. The summed E-state index contributed by atoms with van der Waals surface area (Å²) in [6.45, 7) is 6.66. The quantitative estimate of drug-likeness (QED) is 0.790. The molecule has 4 rings (SSSR count). The van der Waals surface area contributed by atoms with Gasteiger partial charge >= 0.3 is 0 Å². The van der Waals surface area contributed by atoms with E-state index in [9.17, 15) is 9.59 Å². The van der Waals surface area contributed by atoms with Crippen LogP contribution in [0.2, 0.25) is 0 Å². The molecular weight excluding hydrogens is 362 g/mol. The number of oxime groups is 1. The van der Waals surface area contributed by atoms with E-state index in [4.69, 9.17) is 9.25 Å². The largest absolute Gasteiger partial charge is 0.459 e. The van der Waals surface area contributed by atoms with Crippen molar-refractivity contribution in [1.29, 1.82) is 0 Å². The topological polar surface area (TPSA) is 93.2 Å². The van der Waals surface area contributed by atoms with Gasteiger partial charge in [0.1, 0.15) is 0 Å². The van der Waals surface area contributed by atoms with Crippen LogP contribution in [0.5, 0.6) is 0 Å². The van der Waals surface area contributed by atoms with Crippen LogP contribution in [-0.4, -0.2) is 69.4 Å². The molecule has 2 amide bonds. The van der Waals surface area contributed by atoms with Crippen LogP contribution in [-0.2, 0) is 16.2 Å². The van der Waals surface area contributed by atoms with Crippen LogP contribution < -0.4 is 0 Å². The highest BCUT2D eigenvalue weighted by Gasteiger charge is 2.35. The fraction of sp³-hybridized carbons (Fsp3) is 0.474. The second-order valence-corrected chi connectivity index (χ2v) is 6.89. The molecule has 28 heavy (non-hydrogen) atoms. The number of carbonyl (C=O) groups is 2. The average molecular weight is 385 g/mol. The van der Waals surface area contributed by atoms with E-state index in [1.165, 1.54) is 6.26 Å². The van der Waals surface area contributed by atoms with Gasteiger partial charge in [0.05, 0.1) is 18.2 Å². The lowest BCUT2D eigenvalue weighted by molar-refractivity contribution is -0.143. The fourth-order valence-electron chi connectivity index (χ4n) is 3.61. The zero-order chi connectivity index (χ0) is 19.7. The van der Waals surface area contributed by atoms with E-state index in [2.05, 4.69) is 10.3 Å². The van der Waals surface area contributed by atoms with Gasteiger partial charge in [0, 0.05) is 50.4 Å². The lowest BCUT2D eigenvalue weighted by atomic mass is 10.0. The Kier molecular flexibility index (Phi) is 4.89. The summed E-state index contributed by atoms with van der Waals surface area (Å²) in [6.07, 6.45) is 3.06. The first kappa shape index (κ1) is 18.3. The molecule has 0 spiro atoms. The Morgan fingerprint density at radius 2 is 1.96 bits per heavy atom. The van der Waals surface area contributed by atoms with Gasteiger partial charge in [-0.2, -0.15) is 5.10 Å². The number of amides is 2. The van der Waals surface area contributed by atoms with E-state index in [0.29, 0.717) is 38.4 Å². The van der Waals surface area contributed by atoms with Gasteiger partial charge in [0.25, 0.3) is 11.8 Å². The molecule has 2 aliphatic heterocycles. The zero-order valence-corrected chi connectivity index (χ0v) is 16.0. The van der Waals surface area contributed by atoms with Crippen LogP contribution >= 0.6 is 0 Å². The van der Waals surface area contributed by atoms with Gasteiger partial charge < -0.3 is 19.1 Å². The number of piperazine rings is 1. The Hall–Kier alpha value is -3.10. The van der Waals surface area contributed by atoms with E-state index in [-0.39, 0.29) is 11.8 Å². The summed E-state index contributed by atoms with van der Waals surface area (Å²) in [7, 11) is 0. The number of rotatable bonds is 4. The standard InChI is InChI=1S/C19H23N5O4/c1-3-24-13(2)14(12-20-24)15-11-17(28-21-15)19(26)23-8-6-22(7-9-23)18(25)16-5-4-10-27-16/h4-5,10,12,17H,3,6-9,11H2,1-2H3/t17-/m1/s1. The molecule has 0 aromatic carbocycles. The molecule has 148 valence electrons. The van der Waals surface area contributed by atoms with E-state index in [0.717, 1.165) is 23.5 Å². The zero-order valence-electron chi connectivity index (χ0n) is 16.0. The molecule has 9 nitrogen and oxygen atoms in total. The van der Waals surface area contributed by atoms with E-state index in [1.54, 1.807) is 28.1 Å². The fourth-order valence-corrected chi connectivity index (χ4v) is 3.61. The highest BCUT2D eigenvalue weighted by Crippen LogP contribution is 2.21. The van der Waals surface area contributed by atoms with E-state index in [1.807, 2.05) is 18.5 Å². The van der Waals surface area contributed by atoms with Gasteiger partial charge in [-0.3, -0.25) is 14.3 Å². The minimum Gasteiger partial charge on any atom is -0.459 e. The first-order valence-electron chi connectivity index (χ1n) is 9.45. The molecule has 1 fully saturated rings. The van der Waals surface area contributed by atoms with E-state index < -0.39 is 6.10 Å². The van der Waals surface area contributed by atoms with Gasteiger partial charge in [-0.25, -0.2) is 0 Å². The van der Waals surface area contributed by atoms with Crippen molar-refractivity contribution in [2.75, 3.05) is 26.2 Å². The molecule has 4 heterocycles. The third-order valence-corrected chi connectivity index (χ3v) is 5.27. The molecule has 2 aliphatic rings. The van der Waals surface area contributed by atoms with Crippen LogP contribution in [0.1, 0.15) is 35.2 Å². The predicted octanol–water partition coefficient (Wildman–Crippen LogP) is 1.28. The minimum atomic E-state index is -0.619. The van der Waals surface area contributed by atoms with Crippen molar-refractivity contribution < 1.29 is 18.8 Å². The molecule has 2 aromatic heterocycles. The van der Waals surface area contributed by atoms with Crippen molar-refractivity contribution >= 4 is 17.5 Å². The second-order valence-electron chi connectivity index (χ2n) is 6.89. The highest BCUT2D eigenvalue weighted by molar-refractivity contribution is 6.04. The lowest BCUT2D eigenvalue weighted by Crippen LogP contribution is -2.52. The molecule has 0 saturated carbocycles. The molecule has 1 saturated heterocycles. The monoisotopic (exact) mass is 385 g/mol. The molecule has 2 aromatic rings. The van der Waals surface area contributed by atoms with Gasteiger partial charge in [0.2, 0.25) is 6.10 Å². The summed E-state index contributed by atoms with van der Waals surface area (Å²) in [4.78, 5) is 34.0. The first-order valence-corrected chi connectivity index (χ1v) is 9.45. The molecule has 0 unspecified atom stereocenters. The Labute approximate surface area is 162 Å². The Bertz CT molecular complexity index is 894. The van der Waals surface area contributed by atoms with Crippen molar-refractivity contribution in [3.8, 4) is 0 Å². The predicted molar refractivity (Wildman–Crippen MR) is 99.9 cm³/mol. The molecule has 0 N–H and O–H groups in total. The molecule has 0 radical (unpaired) electrons. The number of furan rings is 1. The summed E-state index contributed by atoms with van der Waals surface area (Å²) in [5.41, 5.74) is 2.69. The van der Waals surface area contributed by atoms with Gasteiger partial charge in [-0.05, 0) is 26.0 Å². The molecule has 0 bridgehead atoms. The Morgan fingerprint density at radius 3 is 2.61 bits per heavy atom. The minimum absolute atomic E-state index is 0.0932. The van der Waals surface area contributed by atoms with Crippen molar-refractivity contribution in [1.82, 2.24) is 19.6 Å². The number of hydrogen-bond donors (Lipinski definition) is 0. The van der Waals surface area contributed by atoms with Crippen molar-refractivity contribution in [3.63, 3.8) is 0 Å². The third kappa shape index (κ3) is 3.28. The maximum atomic E-state index is 12.8. The first-order chi connectivity index (χ1) is 13.6. The Morgan fingerprint density at radius 1 is 1.21 bits per heavy atom. The number of carbonyl (C=O) groups excluding carboxylic acids is 2. The number of hydrogen-bond acceptors (Lipinski definition) is 6. The van der Waals surface area contributed by atoms with Crippen LogP contribution in [0.25, 0.3) is 0 Å². The normalized spacial score (nSPS) is 19.5. The van der Waals surface area contributed by atoms with Crippen LogP contribution in [0.15, 0.2) is 34.2 Å². The van der Waals surface area contributed by atoms with Crippen LogP contribution in [0.3, 0.4) is 0 Å². The number of nitrogens with zero attached hydrogens (tertiary/aromatic N) is 5. The van der Waals surface area contributed by atoms with Crippen molar-refractivity contribution in [2.24, 2.45) is 5.16 Å². The molecule has 9 heteroatoms. The SMILES string of the molecule is CCn1ncc(C2=NO[C@@H](C(=O)N3CCN(C(=O)c4ccco4)CC3)C2)c1C. The number of aryl methyl sites for hydroxylation is 1. The second kappa shape index (κ2) is 7.49. The van der Waals surface area contributed by atoms with Crippen molar-refractivity contribution in [3.05, 3.63) is 41.6 Å². The van der Waals surface area contributed by atoms with Gasteiger partial charge in [-0.1, -0.05) is 5.16 Å². The summed E-state index contributed by atoms with van der Waals surface area (Å²) >= 11 is 0.